The van der Waals surface area contributed by atoms with Gasteiger partial charge in [-0.15, -0.1) is 0 Å². The molecule has 0 aliphatic rings. The standard InChI is InChI=1S/C17H18Cl2N2O3S/c1-12(13-6-4-3-5-7-13)20-17(22)11-21(25(2,23)24)16-10-14(18)8-9-15(16)19/h3-10,12H,11H2,1-2H3,(H,20,22)/t12-/m1/s1. The van der Waals surface area contributed by atoms with Crippen LogP contribution in [0.2, 0.25) is 10.0 Å². The number of nitrogens with one attached hydrogen (secondary N) is 1. The molecular formula is C17H18Cl2N2O3S. The van der Waals surface area contributed by atoms with Crippen LogP contribution >= 0.6 is 23.2 Å². The lowest BCUT2D eigenvalue weighted by atomic mass is 10.1. The van der Waals surface area contributed by atoms with Crippen molar-refractivity contribution in [3.05, 3.63) is 64.1 Å². The van der Waals surface area contributed by atoms with Gasteiger partial charge in [-0.2, -0.15) is 0 Å². The maximum atomic E-state index is 12.4. The van der Waals surface area contributed by atoms with Crippen LogP contribution in [0.4, 0.5) is 5.69 Å². The SMILES string of the molecule is C[C@@H](NC(=O)CN(c1cc(Cl)ccc1Cl)S(C)(=O)=O)c1ccccc1. The highest BCUT2D eigenvalue weighted by molar-refractivity contribution is 7.92. The Morgan fingerprint density at radius 1 is 1.16 bits per heavy atom. The summed E-state index contributed by atoms with van der Waals surface area (Å²) in [5, 5.41) is 3.30. The number of rotatable bonds is 6. The van der Waals surface area contributed by atoms with Crippen LogP contribution in [0.15, 0.2) is 48.5 Å². The van der Waals surface area contributed by atoms with E-state index in [4.69, 9.17) is 23.2 Å². The van der Waals surface area contributed by atoms with E-state index in [1.54, 1.807) is 6.07 Å². The lowest BCUT2D eigenvalue weighted by Crippen LogP contribution is -2.41. The maximum absolute atomic E-state index is 12.4. The quantitative estimate of drug-likeness (QED) is 0.804. The van der Waals surface area contributed by atoms with E-state index in [2.05, 4.69) is 5.32 Å². The Hall–Kier alpha value is -1.76. The zero-order valence-corrected chi connectivity index (χ0v) is 16.1. The molecule has 5 nitrogen and oxygen atoms in total. The van der Waals surface area contributed by atoms with Gasteiger partial charge in [0.05, 0.1) is 23.0 Å². The predicted molar refractivity (Wildman–Crippen MR) is 102 cm³/mol. The first-order valence-corrected chi connectivity index (χ1v) is 10.1. The largest absolute Gasteiger partial charge is 0.348 e. The number of benzene rings is 2. The first-order chi connectivity index (χ1) is 11.7. The molecule has 0 fully saturated rings. The fourth-order valence-electron chi connectivity index (χ4n) is 2.30. The maximum Gasteiger partial charge on any atom is 0.241 e. The summed E-state index contributed by atoms with van der Waals surface area (Å²) in [5.41, 5.74) is 1.08. The molecule has 0 heterocycles. The highest BCUT2D eigenvalue weighted by Crippen LogP contribution is 2.30. The zero-order chi connectivity index (χ0) is 18.6. The molecule has 2 aromatic rings. The van der Waals surface area contributed by atoms with E-state index < -0.39 is 22.5 Å². The number of sulfonamides is 1. The molecule has 0 saturated heterocycles. The molecule has 0 aliphatic heterocycles. The molecule has 1 atom stereocenters. The van der Waals surface area contributed by atoms with E-state index in [1.165, 1.54) is 12.1 Å². The molecule has 0 aromatic heterocycles. The van der Waals surface area contributed by atoms with Crippen molar-refractivity contribution >= 4 is 44.8 Å². The molecule has 8 heteroatoms. The van der Waals surface area contributed by atoms with Crippen molar-refractivity contribution in [2.24, 2.45) is 0 Å². The Morgan fingerprint density at radius 2 is 1.80 bits per heavy atom. The van der Waals surface area contributed by atoms with Crippen molar-refractivity contribution in [3.63, 3.8) is 0 Å². The summed E-state index contributed by atoms with van der Waals surface area (Å²) in [6, 6.07) is 13.6. The van der Waals surface area contributed by atoms with E-state index in [1.807, 2.05) is 37.3 Å². The van der Waals surface area contributed by atoms with E-state index >= 15 is 0 Å². The first kappa shape index (κ1) is 19.6. The third kappa shape index (κ3) is 5.36. The van der Waals surface area contributed by atoms with Gasteiger partial charge in [0, 0.05) is 5.02 Å². The molecular weight excluding hydrogens is 383 g/mol. The van der Waals surface area contributed by atoms with Crippen molar-refractivity contribution in [2.75, 3.05) is 17.1 Å². The van der Waals surface area contributed by atoms with Gasteiger partial charge in [-0.05, 0) is 30.7 Å². The lowest BCUT2D eigenvalue weighted by molar-refractivity contribution is -0.120. The van der Waals surface area contributed by atoms with Crippen molar-refractivity contribution < 1.29 is 13.2 Å². The van der Waals surface area contributed by atoms with E-state index in [0.29, 0.717) is 5.02 Å². The van der Waals surface area contributed by atoms with Gasteiger partial charge in [0.1, 0.15) is 6.54 Å². The van der Waals surface area contributed by atoms with Gasteiger partial charge < -0.3 is 5.32 Å². The van der Waals surface area contributed by atoms with Gasteiger partial charge >= 0.3 is 0 Å². The van der Waals surface area contributed by atoms with Crippen molar-refractivity contribution in [1.82, 2.24) is 5.32 Å². The van der Waals surface area contributed by atoms with Gasteiger partial charge in [0.25, 0.3) is 0 Å². The third-order valence-electron chi connectivity index (χ3n) is 3.54. The van der Waals surface area contributed by atoms with Crippen LogP contribution in [0.5, 0.6) is 0 Å². The minimum atomic E-state index is -3.72. The second kappa shape index (κ2) is 8.08. The first-order valence-electron chi connectivity index (χ1n) is 7.45. The third-order valence-corrected chi connectivity index (χ3v) is 5.22. The van der Waals surface area contributed by atoms with Gasteiger partial charge in [0.2, 0.25) is 15.9 Å². The summed E-state index contributed by atoms with van der Waals surface area (Å²) >= 11 is 12.0. The highest BCUT2D eigenvalue weighted by atomic mass is 35.5. The molecule has 134 valence electrons. The summed E-state index contributed by atoms with van der Waals surface area (Å²) in [6.45, 7) is 1.43. The van der Waals surface area contributed by atoms with Crippen LogP contribution in [-0.2, 0) is 14.8 Å². The topological polar surface area (TPSA) is 66.5 Å². The van der Waals surface area contributed by atoms with Crippen molar-refractivity contribution in [2.45, 2.75) is 13.0 Å². The Bertz CT molecular complexity index is 857. The normalized spacial score (nSPS) is 12.5. The molecule has 0 aliphatic carbocycles. The number of carbonyl (C=O) groups excluding carboxylic acids is 1. The molecule has 25 heavy (non-hydrogen) atoms. The van der Waals surface area contributed by atoms with E-state index in [-0.39, 0.29) is 16.8 Å². The number of hydrogen-bond acceptors (Lipinski definition) is 3. The Morgan fingerprint density at radius 3 is 2.40 bits per heavy atom. The second-order valence-electron chi connectivity index (χ2n) is 5.57. The molecule has 0 saturated carbocycles. The zero-order valence-electron chi connectivity index (χ0n) is 13.7. The van der Waals surface area contributed by atoms with Crippen LogP contribution in [0, 0.1) is 0 Å². The number of nitrogens with zero attached hydrogens (tertiary/aromatic N) is 1. The number of halogens is 2. The number of amides is 1. The van der Waals surface area contributed by atoms with Crippen molar-refractivity contribution in [3.8, 4) is 0 Å². The van der Waals surface area contributed by atoms with Crippen LogP contribution in [0.3, 0.4) is 0 Å². The monoisotopic (exact) mass is 400 g/mol. The minimum Gasteiger partial charge on any atom is -0.348 e. The Balaban J connectivity index is 2.20. The molecule has 2 aromatic carbocycles. The Labute approximate surface area is 157 Å². The van der Waals surface area contributed by atoms with Crippen LogP contribution in [0.25, 0.3) is 0 Å². The molecule has 1 N–H and O–H groups in total. The molecule has 0 unspecified atom stereocenters. The molecule has 0 spiro atoms. The summed E-state index contributed by atoms with van der Waals surface area (Å²) in [5.74, 6) is -0.446. The second-order valence-corrected chi connectivity index (χ2v) is 8.32. The molecule has 2 rings (SSSR count). The molecule has 0 radical (unpaired) electrons. The molecule has 1 amide bonds. The fourth-order valence-corrected chi connectivity index (χ4v) is 3.60. The summed E-state index contributed by atoms with van der Waals surface area (Å²) < 4.78 is 25.2. The number of anilines is 1. The highest BCUT2D eigenvalue weighted by Gasteiger charge is 2.24. The van der Waals surface area contributed by atoms with Crippen LogP contribution in [0.1, 0.15) is 18.5 Å². The van der Waals surface area contributed by atoms with Crippen molar-refractivity contribution in [1.29, 1.82) is 0 Å². The van der Waals surface area contributed by atoms with Gasteiger partial charge in [-0.1, -0.05) is 53.5 Å². The van der Waals surface area contributed by atoms with Gasteiger partial charge in [0.15, 0.2) is 0 Å². The predicted octanol–water partition coefficient (Wildman–Crippen LogP) is 3.64. The summed E-state index contributed by atoms with van der Waals surface area (Å²) in [4.78, 5) is 12.4. The van der Waals surface area contributed by atoms with E-state index in [0.717, 1.165) is 16.1 Å². The number of carbonyl (C=O) groups is 1. The average Bonchev–Trinajstić information content (AvgIpc) is 2.55. The molecule has 0 bridgehead atoms. The van der Waals surface area contributed by atoms with Crippen LogP contribution < -0.4 is 9.62 Å². The minimum absolute atomic E-state index is 0.166. The summed E-state index contributed by atoms with van der Waals surface area (Å²) in [7, 11) is -3.72. The average molecular weight is 401 g/mol. The summed E-state index contributed by atoms with van der Waals surface area (Å²) in [6.07, 6.45) is 1.01. The smallest absolute Gasteiger partial charge is 0.241 e. The van der Waals surface area contributed by atoms with Gasteiger partial charge in [-0.25, -0.2) is 8.42 Å². The fraction of sp³-hybridized carbons (Fsp3) is 0.235. The lowest BCUT2D eigenvalue weighted by Gasteiger charge is -2.24. The van der Waals surface area contributed by atoms with Crippen LogP contribution in [-0.4, -0.2) is 27.1 Å². The van der Waals surface area contributed by atoms with Gasteiger partial charge in [-0.3, -0.25) is 9.10 Å². The number of hydrogen-bond donors (Lipinski definition) is 1. The Kier molecular flexibility index (Phi) is 6.32. The van der Waals surface area contributed by atoms with E-state index in [9.17, 15) is 13.2 Å².